The monoisotopic (exact) mass is 246 g/mol. The van der Waals surface area contributed by atoms with E-state index >= 15 is 0 Å². The molecule has 0 aliphatic carbocycles. The summed E-state index contributed by atoms with van der Waals surface area (Å²) in [7, 11) is 0. The standard InChI is InChI=1S/C16H19N2.Li/c1-3-7-15(8-4-1)13-17-11-12-18-14-16-9-5-2-6-10-16;/h1-10,17H,11-14H2;/q-1;+1. The van der Waals surface area contributed by atoms with Gasteiger partial charge in [-0.2, -0.15) is 0 Å². The molecular formula is C16H19LiN2. The van der Waals surface area contributed by atoms with Crippen LogP contribution in [0, 0.1) is 0 Å². The van der Waals surface area contributed by atoms with Gasteiger partial charge in [0, 0.05) is 6.54 Å². The van der Waals surface area contributed by atoms with Crippen LogP contribution in [0.3, 0.4) is 0 Å². The molecule has 2 rings (SSSR count). The van der Waals surface area contributed by atoms with Crippen LogP contribution < -0.4 is 24.2 Å². The summed E-state index contributed by atoms with van der Waals surface area (Å²) in [6, 6.07) is 20.8. The summed E-state index contributed by atoms with van der Waals surface area (Å²) in [4.78, 5) is 0. The Morgan fingerprint density at radius 2 is 1.37 bits per heavy atom. The molecule has 0 amide bonds. The summed E-state index contributed by atoms with van der Waals surface area (Å²) in [5.41, 5.74) is 2.60. The molecule has 0 aliphatic heterocycles. The van der Waals surface area contributed by atoms with E-state index in [1.807, 2.05) is 12.1 Å². The van der Waals surface area contributed by atoms with Crippen LogP contribution in [-0.2, 0) is 13.1 Å². The first-order chi connectivity index (χ1) is 8.95. The van der Waals surface area contributed by atoms with Crippen LogP contribution in [0.1, 0.15) is 11.1 Å². The maximum atomic E-state index is 4.51. The first-order valence-electron chi connectivity index (χ1n) is 6.37. The zero-order valence-electron chi connectivity index (χ0n) is 11.5. The molecule has 0 saturated carbocycles. The molecule has 0 radical (unpaired) electrons. The molecule has 0 spiro atoms. The minimum atomic E-state index is 0. The van der Waals surface area contributed by atoms with Crippen molar-refractivity contribution in [3.05, 3.63) is 77.1 Å². The van der Waals surface area contributed by atoms with Crippen LogP contribution in [-0.4, -0.2) is 13.1 Å². The third-order valence-corrected chi connectivity index (χ3v) is 2.76. The van der Waals surface area contributed by atoms with Crippen molar-refractivity contribution in [1.82, 2.24) is 5.32 Å². The van der Waals surface area contributed by atoms with Gasteiger partial charge >= 0.3 is 18.9 Å². The zero-order valence-corrected chi connectivity index (χ0v) is 11.5. The van der Waals surface area contributed by atoms with Crippen molar-refractivity contribution in [1.29, 1.82) is 0 Å². The van der Waals surface area contributed by atoms with Gasteiger partial charge < -0.3 is 10.6 Å². The smallest absolute Gasteiger partial charge is 0.657 e. The average Bonchev–Trinajstić information content (AvgIpc) is 2.45. The van der Waals surface area contributed by atoms with Crippen molar-refractivity contribution >= 4 is 0 Å². The van der Waals surface area contributed by atoms with E-state index in [0.717, 1.165) is 26.2 Å². The number of nitrogens with one attached hydrogen (secondary N) is 1. The fraction of sp³-hybridized carbons (Fsp3) is 0.250. The summed E-state index contributed by atoms with van der Waals surface area (Å²) in [5, 5.41) is 7.90. The van der Waals surface area contributed by atoms with E-state index in [9.17, 15) is 0 Å². The van der Waals surface area contributed by atoms with Gasteiger partial charge in [-0.1, -0.05) is 66.2 Å². The molecule has 2 aromatic rings. The fourth-order valence-electron chi connectivity index (χ4n) is 1.78. The fourth-order valence-corrected chi connectivity index (χ4v) is 1.78. The second-order valence-corrected chi connectivity index (χ2v) is 4.25. The third kappa shape index (κ3) is 6.61. The Hall–Kier alpha value is -1.04. The maximum Gasteiger partial charge on any atom is 1.00 e. The molecule has 3 heteroatoms. The minimum absolute atomic E-state index is 0. The van der Waals surface area contributed by atoms with Crippen LogP contribution in [0.4, 0.5) is 0 Å². The van der Waals surface area contributed by atoms with Crippen LogP contribution in [0.2, 0.25) is 0 Å². The van der Waals surface area contributed by atoms with Crippen molar-refractivity contribution in [2.75, 3.05) is 13.1 Å². The molecule has 1 N–H and O–H groups in total. The maximum absolute atomic E-state index is 4.51. The van der Waals surface area contributed by atoms with Gasteiger partial charge in [-0.25, -0.2) is 0 Å². The normalized spacial score (nSPS) is 9.89. The van der Waals surface area contributed by atoms with Gasteiger partial charge in [-0.15, -0.1) is 13.1 Å². The van der Waals surface area contributed by atoms with Gasteiger partial charge in [0.1, 0.15) is 0 Å². The Bertz CT molecular complexity index is 388. The second-order valence-electron chi connectivity index (χ2n) is 4.25. The summed E-state index contributed by atoms with van der Waals surface area (Å²) < 4.78 is 0. The SMILES string of the molecule is [Li+].c1ccc(C[N-]CCNCc2ccccc2)cc1. The summed E-state index contributed by atoms with van der Waals surface area (Å²) in [6.45, 7) is 3.53. The molecular weight excluding hydrogens is 227 g/mol. The van der Waals surface area contributed by atoms with Gasteiger partial charge in [0.05, 0.1) is 0 Å². The quantitative estimate of drug-likeness (QED) is 0.554. The summed E-state index contributed by atoms with van der Waals surface area (Å²) >= 11 is 0. The Kier molecular flexibility index (Phi) is 8.29. The van der Waals surface area contributed by atoms with Gasteiger partial charge in [0.15, 0.2) is 0 Å². The molecule has 2 aromatic carbocycles. The van der Waals surface area contributed by atoms with Crippen molar-refractivity contribution in [2.45, 2.75) is 13.1 Å². The Morgan fingerprint density at radius 1 is 0.789 bits per heavy atom. The van der Waals surface area contributed by atoms with E-state index in [1.54, 1.807) is 0 Å². The van der Waals surface area contributed by atoms with Crippen LogP contribution >= 0.6 is 0 Å². The van der Waals surface area contributed by atoms with Crippen molar-refractivity contribution in [2.24, 2.45) is 0 Å². The molecule has 0 bridgehead atoms. The van der Waals surface area contributed by atoms with Gasteiger partial charge in [-0.05, 0) is 12.1 Å². The van der Waals surface area contributed by atoms with Gasteiger partial charge in [-0.3, -0.25) is 0 Å². The van der Waals surface area contributed by atoms with Crippen molar-refractivity contribution < 1.29 is 18.9 Å². The summed E-state index contributed by atoms with van der Waals surface area (Å²) in [6.07, 6.45) is 0. The van der Waals surface area contributed by atoms with Crippen molar-refractivity contribution in [3.8, 4) is 0 Å². The minimum Gasteiger partial charge on any atom is -0.657 e. The first-order valence-corrected chi connectivity index (χ1v) is 6.37. The molecule has 19 heavy (non-hydrogen) atoms. The Balaban J connectivity index is 0.00000180. The molecule has 0 fully saturated rings. The molecule has 0 heterocycles. The van der Waals surface area contributed by atoms with E-state index in [-0.39, 0.29) is 18.9 Å². The zero-order chi connectivity index (χ0) is 12.5. The number of nitrogens with zero attached hydrogens (tertiary/aromatic N) is 1. The Morgan fingerprint density at radius 3 is 2.00 bits per heavy atom. The predicted octanol–water partition coefficient (Wildman–Crippen LogP) is 0.354. The van der Waals surface area contributed by atoms with Crippen LogP contribution in [0.25, 0.3) is 5.32 Å². The van der Waals surface area contributed by atoms with E-state index in [2.05, 4.69) is 59.2 Å². The van der Waals surface area contributed by atoms with E-state index in [4.69, 9.17) is 0 Å². The molecule has 2 nitrogen and oxygen atoms in total. The van der Waals surface area contributed by atoms with Crippen LogP contribution in [0.5, 0.6) is 0 Å². The number of hydrogen-bond donors (Lipinski definition) is 1. The number of rotatable bonds is 7. The van der Waals surface area contributed by atoms with Crippen LogP contribution in [0.15, 0.2) is 60.7 Å². The molecule has 0 unspecified atom stereocenters. The summed E-state index contributed by atoms with van der Waals surface area (Å²) in [5.74, 6) is 0. The van der Waals surface area contributed by atoms with Crippen molar-refractivity contribution in [3.63, 3.8) is 0 Å². The molecule has 0 saturated heterocycles. The van der Waals surface area contributed by atoms with Gasteiger partial charge in [0.25, 0.3) is 0 Å². The van der Waals surface area contributed by atoms with E-state index in [0.29, 0.717) is 0 Å². The molecule has 0 atom stereocenters. The van der Waals surface area contributed by atoms with E-state index in [1.165, 1.54) is 11.1 Å². The Labute approximate surface area is 127 Å². The number of benzene rings is 2. The topological polar surface area (TPSA) is 26.1 Å². The predicted molar refractivity (Wildman–Crippen MR) is 76.5 cm³/mol. The largest absolute Gasteiger partial charge is 1.00 e. The van der Waals surface area contributed by atoms with Gasteiger partial charge in [0.2, 0.25) is 0 Å². The number of hydrogen-bond acceptors (Lipinski definition) is 1. The van der Waals surface area contributed by atoms with E-state index < -0.39 is 0 Å². The third-order valence-electron chi connectivity index (χ3n) is 2.76. The average molecular weight is 246 g/mol. The first kappa shape index (κ1) is 16.0. The molecule has 0 aliphatic rings. The second kappa shape index (κ2) is 9.83. The molecule has 0 aromatic heterocycles. The molecule has 94 valence electrons.